The molecule has 1 saturated carbocycles. The molecule has 1 fully saturated rings. The van der Waals surface area contributed by atoms with Gasteiger partial charge in [-0.2, -0.15) is 0 Å². The second-order valence-corrected chi connectivity index (χ2v) is 5.58. The van der Waals surface area contributed by atoms with Crippen molar-refractivity contribution in [1.29, 1.82) is 0 Å². The molecular weight excluding hydrogens is 184 g/mol. The summed E-state index contributed by atoms with van der Waals surface area (Å²) in [6.07, 6.45) is 6.63. The van der Waals surface area contributed by atoms with Gasteiger partial charge in [-0.25, -0.2) is 0 Å². The van der Waals surface area contributed by atoms with Gasteiger partial charge in [0, 0.05) is 18.1 Å². The highest BCUT2D eigenvalue weighted by Crippen LogP contribution is 2.30. The van der Waals surface area contributed by atoms with Crippen LogP contribution in [0.3, 0.4) is 0 Å². The number of rotatable bonds is 4. The van der Waals surface area contributed by atoms with Gasteiger partial charge in [-0.3, -0.25) is 4.90 Å². The van der Waals surface area contributed by atoms with Gasteiger partial charge in [0.05, 0.1) is 0 Å². The maximum atomic E-state index is 5.91. The van der Waals surface area contributed by atoms with Crippen molar-refractivity contribution >= 4 is 0 Å². The minimum absolute atomic E-state index is 0.200. The van der Waals surface area contributed by atoms with Gasteiger partial charge in [0.25, 0.3) is 0 Å². The maximum absolute atomic E-state index is 5.91. The summed E-state index contributed by atoms with van der Waals surface area (Å²) in [6.45, 7) is 7.68. The van der Waals surface area contributed by atoms with Crippen LogP contribution in [0.25, 0.3) is 0 Å². The van der Waals surface area contributed by atoms with E-state index in [-0.39, 0.29) is 5.54 Å². The van der Waals surface area contributed by atoms with Crippen LogP contribution in [0.2, 0.25) is 0 Å². The minimum atomic E-state index is 0.200. The maximum Gasteiger partial charge on any atom is 0.0300 e. The van der Waals surface area contributed by atoms with E-state index in [1.807, 2.05) is 0 Å². The van der Waals surface area contributed by atoms with Crippen LogP contribution < -0.4 is 5.73 Å². The summed E-state index contributed by atoms with van der Waals surface area (Å²) in [6, 6.07) is 0.759. The highest BCUT2D eigenvalue weighted by molar-refractivity contribution is 4.89. The first-order chi connectivity index (χ1) is 7.03. The topological polar surface area (TPSA) is 29.3 Å². The molecule has 0 saturated heterocycles. The average molecular weight is 212 g/mol. The Morgan fingerprint density at radius 1 is 1.27 bits per heavy atom. The fraction of sp³-hybridized carbons (Fsp3) is 1.00. The Bertz CT molecular complexity index is 179. The van der Waals surface area contributed by atoms with Crippen LogP contribution in [-0.4, -0.2) is 30.1 Å². The number of hydrogen-bond acceptors (Lipinski definition) is 2. The number of likely N-dealkylation sites (N-methyl/N-ethyl adjacent to an activating group) is 1. The van der Waals surface area contributed by atoms with Crippen molar-refractivity contribution in [3.8, 4) is 0 Å². The second-order valence-electron chi connectivity index (χ2n) is 5.58. The lowest BCUT2D eigenvalue weighted by molar-refractivity contribution is 0.0597. The molecule has 0 heterocycles. The van der Waals surface area contributed by atoms with Gasteiger partial charge in [-0.05, 0) is 52.0 Å². The van der Waals surface area contributed by atoms with Crippen LogP contribution in [0.5, 0.6) is 0 Å². The number of nitrogens with two attached hydrogens (primary N) is 1. The van der Waals surface area contributed by atoms with Gasteiger partial charge < -0.3 is 5.73 Å². The highest BCUT2D eigenvalue weighted by Gasteiger charge is 2.32. The quantitative estimate of drug-likeness (QED) is 0.776. The lowest BCUT2D eigenvalue weighted by Gasteiger charge is -2.44. The standard InChI is InChI=1S/C13H28N2/c1-5-13(3,10-14)15(4)12-8-6-11(2)7-9-12/h11-12H,5-10,14H2,1-4H3. The SMILES string of the molecule is CCC(C)(CN)N(C)C1CCC(C)CC1. The Hall–Kier alpha value is -0.0800. The molecule has 0 amide bonds. The summed E-state index contributed by atoms with van der Waals surface area (Å²) in [4.78, 5) is 2.54. The fourth-order valence-corrected chi connectivity index (χ4v) is 2.61. The second kappa shape index (κ2) is 5.31. The molecular formula is C13H28N2. The third-order valence-electron chi connectivity index (χ3n) is 4.59. The Morgan fingerprint density at radius 2 is 1.80 bits per heavy atom. The van der Waals surface area contributed by atoms with Crippen molar-refractivity contribution in [3.05, 3.63) is 0 Å². The van der Waals surface area contributed by atoms with Crippen LogP contribution in [-0.2, 0) is 0 Å². The molecule has 1 rings (SSSR count). The third kappa shape index (κ3) is 2.94. The molecule has 0 aliphatic heterocycles. The van der Waals surface area contributed by atoms with Crippen LogP contribution in [0.4, 0.5) is 0 Å². The molecule has 0 aromatic heterocycles. The van der Waals surface area contributed by atoms with Gasteiger partial charge in [0.15, 0.2) is 0 Å². The molecule has 2 heteroatoms. The molecule has 2 N–H and O–H groups in total. The van der Waals surface area contributed by atoms with Gasteiger partial charge in [0.1, 0.15) is 0 Å². The number of nitrogens with zero attached hydrogens (tertiary/aromatic N) is 1. The van der Waals surface area contributed by atoms with Crippen molar-refractivity contribution in [2.45, 2.75) is 64.5 Å². The average Bonchev–Trinajstić information content (AvgIpc) is 2.28. The first-order valence-corrected chi connectivity index (χ1v) is 6.46. The lowest BCUT2D eigenvalue weighted by atomic mass is 9.84. The summed E-state index contributed by atoms with van der Waals surface area (Å²) < 4.78 is 0. The Morgan fingerprint density at radius 3 is 2.20 bits per heavy atom. The van der Waals surface area contributed by atoms with E-state index < -0.39 is 0 Å². The van der Waals surface area contributed by atoms with Crippen LogP contribution in [0, 0.1) is 5.92 Å². The zero-order valence-electron chi connectivity index (χ0n) is 10.9. The summed E-state index contributed by atoms with van der Waals surface area (Å²) in [5.41, 5.74) is 6.11. The molecule has 90 valence electrons. The first kappa shape index (κ1) is 13.0. The van der Waals surface area contributed by atoms with Gasteiger partial charge in [-0.1, -0.05) is 13.8 Å². The molecule has 1 unspecified atom stereocenters. The first-order valence-electron chi connectivity index (χ1n) is 6.46. The molecule has 1 aliphatic carbocycles. The predicted molar refractivity (Wildman–Crippen MR) is 66.9 cm³/mol. The largest absolute Gasteiger partial charge is 0.329 e. The monoisotopic (exact) mass is 212 g/mol. The zero-order chi connectivity index (χ0) is 11.5. The zero-order valence-corrected chi connectivity index (χ0v) is 10.9. The third-order valence-corrected chi connectivity index (χ3v) is 4.59. The van der Waals surface area contributed by atoms with E-state index in [0.717, 1.165) is 24.9 Å². The molecule has 0 bridgehead atoms. The van der Waals surface area contributed by atoms with E-state index >= 15 is 0 Å². The van der Waals surface area contributed by atoms with E-state index in [0.29, 0.717) is 0 Å². The van der Waals surface area contributed by atoms with E-state index in [1.54, 1.807) is 0 Å². The van der Waals surface area contributed by atoms with Crippen LogP contribution >= 0.6 is 0 Å². The molecule has 1 aliphatic rings. The highest BCUT2D eigenvalue weighted by atomic mass is 15.2. The smallest absolute Gasteiger partial charge is 0.0300 e. The normalized spacial score (nSPS) is 31.6. The summed E-state index contributed by atoms with van der Waals surface area (Å²) in [5, 5.41) is 0. The van der Waals surface area contributed by atoms with Crippen molar-refractivity contribution < 1.29 is 0 Å². The lowest BCUT2D eigenvalue weighted by Crippen LogP contribution is -2.54. The van der Waals surface area contributed by atoms with E-state index in [9.17, 15) is 0 Å². The van der Waals surface area contributed by atoms with Crippen LogP contribution in [0.15, 0.2) is 0 Å². The molecule has 15 heavy (non-hydrogen) atoms. The Labute approximate surface area is 95.2 Å². The van der Waals surface area contributed by atoms with Crippen LogP contribution in [0.1, 0.15) is 52.9 Å². The van der Waals surface area contributed by atoms with Crippen molar-refractivity contribution in [1.82, 2.24) is 4.90 Å². The molecule has 0 aromatic carbocycles. The predicted octanol–water partition coefficient (Wildman–Crippen LogP) is 2.62. The van der Waals surface area contributed by atoms with E-state index in [4.69, 9.17) is 5.73 Å². The molecule has 0 aromatic rings. The van der Waals surface area contributed by atoms with E-state index in [2.05, 4.69) is 32.7 Å². The fourth-order valence-electron chi connectivity index (χ4n) is 2.61. The summed E-state index contributed by atoms with van der Waals surface area (Å²) in [5.74, 6) is 0.931. The summed E-state index contributed by atoms with van der Waals surface area (Å²) >= 11 is 0. The summed E-state index contributed by atoms with van der Waals surface area (Å²) in [7, 11) is 2.26. The molecule has 2 nitrogen and oxygen atoms in total. The van der Waals surface area contributed by atoms with Gasteiger partial charge in [0.2, 0.25) is 0 Å². The molecule has 0 spiro atoms. The number of hydrogen-bond donors (Lipinski definition) is 1. The Balaban J connectivity index is 2.55. The van der Waals surface area contributed by atoms with Gasteiger partial charge in [-0.15, -0.1) is 0 Å². The molecule has 0 radical (unpaired) electrons. The van der Waals surface area contributed by atoms with Crippen molar-refractivity contribution in [3.63, 3.8) is 0 Å². The van der Waals surface area contributed by atoms with Crippen molar-refractivity contribution in [2.75, 3.05) is 13.6 Å². The minimum Gasteiger partial charge on any atom is -0.329 e. The Kier molecular flexibility index (Phi) is 4.60. The van der Waals surface area contributed by atoms with E-state index in [1.165, 1.54) is 25.7 Å². The molecule has 1 atom stereocenters. The van der Waals surface area contributed by atoms with Crippen molar-refractivity contribution in [2.24, 2.45) is 11.7 Å². The van der Waals surface area contributed by atoms with Gasteiger partial charge >= 0.3 is 0 Å².